The first kappa shape index (κ1) is 15.3. The summed E-state index contributed by atoms with van der Waals surface area (Å²) in [6.07, 6.45) is 5.00. The van der Waals surface area contributed by atoms with Gasteiger partial charge in [0.1, 0.15) is 5.75 Å². The molecule has 1 aliphatic heterocycles. The van der Waals surface area contributed by atoms with Crippen molar-refractivity contribution in [2.24, 2.45) is 0 Å². The minimum absolute atomic E-state index is 0.302. The summed E-state index contributed by atoms with van der Waals surface area (Å²) >= 11 is 0. The lowest BCUT2D eigenvalue weighted by molar-refractivity contribution is -0.00475. The van der Waals surface area contributed by atoms with Gasteiger partial charge in [0, 0.05) is 24.3 Å². The van der Waals surface area contributed by atoms with Gasteiger partial charge in [0.15, 0.2) is 0 Å². The van der Waals surface area contributed by atoms with Crippen LogP contribution < -0.4 is 10.1 Å². The van der Waals surface area contributed by atoms with Crippen molar-refractivity contribution in [3.63, 3.8) is 0 Å². The van der Waals surface area contributed by atoms with E-state index >= 15 is 0 Å². The number of para-hydroxylation sites is 1. The molecule has 1 aromatic rings. The van der Waals surface area contributed by atoms with Crippen molar-refractivity contribution >= 4 is 0 Å². The van der Waals surface area contributed by atoms with Gasteiger partial charge >= 0.3 is 0 Å². The van der Waals surface area contributed by atoms with E-state index < -0.39 is 0 Å². The highest BCUT2D eigenvalue weighted by atomic mass is 16.5. The van der Waals surface area contributed by atoms with Crippen LogP contribution >= 0.6 is 0 Å². The second-order valence-electron chi connectivity index (χ2n) is 5.63. The Bertz CT molecular complexity index is 406. The molecule has 3 nitrogen and oxygen atoms in total. The molecule has 0 saturated carbocycles. The van der Waals surface area contributed by atoms with Gasteiger partial charge in [-0.3, -0.25) is 0 Å². The second kappa shape index (κ2) is 7.65. The first-order valence-electron chi connectivity index (χ1n) is 7.75. The Kier molecular flexibility index (Phi) is 5.86. The van der Waals surface area contributed by atoms with Crippen molar-refractivity contribution in [3.8, 4) is 5.75 Å². The van der Waals surface area contributed by atoms with Gasteiger partial charge in [-0.2, -0.15) is 0 Å². The molecule has 1 N–H and O–H groups in total. The molecule has 112 valence electrons. The van der Waals surface area contributed by atoms with E-state index in [0.717, 1.165) is 25.2 Å². The monoisotopic (exact) mass is 277 g/mol. The van der Waals surface area contributed by atoms with Crippen LogP contribution in [0.5, 0.6) is 5.75 Å². The predicted molar refractivity (Wildman–Crippen MR) is 82.2 cm³/mol. The number of nitrogens with one attached hydrogen (secondary N) is 1. The lowest BCUT2D eigenvalue weighted by Gasteiger charge is -2.32. The Morgan fingerprint density at radius 1 is 1.40 bits per heavy atom. The van der Waals surface area contributed by atoms with Crippen LogP contribution in [0.4, 0.5) is 0 Å². The van der Waals surface area contributed by atoms with Crippen LogP contribution in [0.3, 0.4) is 0 Å². The molecule has 1 aliphatic rings. The van der Waals surface area contributed by atoms with Gasteiger partial charge in [-0.05, 0) is 32.3 Å². The zero-order valence-electron chi connectivity index (χ0n) is 12.9. The Hall–Kier alpha value is -1.06. The van der Waals surface area contributed by atoms with Crippen molar-refractivity contribution in [1.29, 1.82) is 0 Å². The van der Waals surface area contributed by atoms with E-state index in [1.807, 2.05) is 12.1 Å². The SMILES string of the molecule is CCCC1CC(N[C@@H](C)c2ccccc2OC)CCO1. The number of hydrogen-bond donors (Lipinski definition) is 1. The van der Waals surface area contributed by atoms with E-state index in [-0.39, 0.29) is 0 Å². The average molecular weight is 277 g/mol. The van der Waals surface area contributed by atoms with Crippen LogP contribution in [-0.2, 0) is 4.74 Å². The Labute approximate surface area is 122 Å². The lowest BCUT2D eigenvalue weighted by Crippen LogP contribution is -2.40. The fraction of sp³-hybridized carbons (Fsp3) is 0.647. The van der Waals surface area contributed by atoms with Crippen LogP contribution in [0.1, 0.15) is 51.1 Å². The maximum atomic E-state index is 5.82. The maximum absolute atomic E-state index is 5.82. The molecule has 0 bridgehead atoms. The van der Waals surface area contributed by atoms with Gasteiger partial charge in [0.05, 0.1) is 13.2 Å². The molecule has 0 amide bonds. The van der Waals surface area contributed by atoms with Crippen LogP contribution in [0.2, 0.25) is 0 Å². The van der Waals surface area contributed by atoms with Gasteiger partial charge in [0.2, 0.25) is 0 Å². The van der Waals surface area contributed by atoms with E-state index in [4.69, 9.17) is 9.47 Å². The number of rotatable bonds is 6. The highest BCUT2D eigenvalue weighted by Crippen LogP contribution is 2.26. The van der Waals surface area contributed by atoms with Gasteiger partial charge in [-0.1, -0.05) is 31.5 Å². The number of methoxy groups -OCH3 is 1. The standard InChI is InChI=1S/C17H27NO2/c1-4-7-15-12-14(10-11-20-15)18-13(2)16-8-5-6-9-17(16)19-3/h5-6,8-9,13-15,18H,4,7,10-12H2,1-3H3/t13-,14?,15?/m0/s1. The third-order valence-corrected chi connectivity index (χ3v) is 4.07. The third-order valence-electron chi connectivity index (χ3n) is 4.07. The molecule has 0 aromatic heterocycles. The van der Waals surface area contributed by atoms with Gasteiger partial charge in [-0.15, -0.1) is 0 Å². The van der Waals surface area contributed by atoms with Crippen LogP contribution in [0.25, 0.3) is 0 Å². The fourth-order valence-corrected chi connectivity index (χ4v) is 3.02. The molecule has 1 aromatic carbocycles. The molecule has 1 saturated heterocycles. The average Bonchev–Trinajstić information content (AvgIpc) is 2.48. The van der Waals surface area contributed by atoms with Crippen molar-refractivity contribution in [1.82, 2.24) is 5.32 Å². The summed E-state index contributed by atoms with van der Waals surface area (Å²) in [4.78, 5) is 0. The summed E-state index contributed by atoms with van der Waals surface area (Å²) in [6.45, 7) is 5.31. The molecule has 1 fully saturated rings. The summed E-state index contributed by atoms with van der Waals surface area (Å²) in [5, 5.41) is 3.74. The molecule has 3 heteroatoms. The number of benzene rings is 1. The minimum Gasteiger partial charge on any atom is -0.496 e. The van der Waals surface area contributed by atoms with E-state index in [2.05, 4.69) is 31.3 Å². The topological polar surface area (TPSA) is 30.5 Å². The molecule has 0 aliphatic carbocycles. The summed E-state index contributed by atoms with van der Waals surface area (Å²) in [7, 11) is 1.73. The highest BCUT2D eigenvalue weighted by molar-refractivity contribution is 5.35. The summed E-state index contributed by atoms with van der Waals surface area (Å²) in [5.74, 6) is 0.963. The highest BCUT2D eigenvalue weighted by Gasteiger charge is 2.24. The van der Waals surface area contributed by atoms with Crippen LogP contribution in [0, 0.1) is 0 Å². The Balaban J connectivity index is 1.95. The number of ether oxygens (including phenoxy) is 2. The maximum Gasteiger partial charge on any atom is 0.123 e. The van der Waals surface area contributed by atoms with Gasteiger partial charge in [0.25, 0.3) is 0 Å². The largest absolute Gasteiger partial charge is 0.496 e. The smallest absolute Gasteiger partial charge is 0.123 e. The third kappa shape index (κ3) is 3.97. The fourth-order valence-electron chi connectivity index (χ4n) is 3.02. The van der Waals surface area contributed by atoms with Gasteiger partial charge < -0.3 is 14.8 Å². The lowest BCUT2D eigenvalue weighted by atomic mass is 9.98. The predicted octanol–water partition coefficient (Wildman–Crippen LogP) is 3.69. The summed E-state index contributed by atoms with van der Waals surface area (Å²) in [5.41, 5.74) is 1.23. The first-order valence-corrected chi connectivity index (χ1v) is 7.75. The molecule has 0 spiro atoms. The Morgan fingerprint density at radius 2 is 2.20 bits per heavy atom. The van der Waals surface area contributed by atoms with Crippen LogP contribution in [-0.4, -0.2) is 25.9 Å². The van der Waals surface area contributed by atoms with E-state index in [1.165, 1.54) is 18.4 Å². The number of hydrogen-bond acceptors (Lipinski definition) is 3. The van der Waals surface area contributed by atoms with E-state index in [1.54, 1.807) is 7.11 Å². The second-order valence-corrected chi connectivity index (χ2v) is 5.63. The molecule has 2 rings (SSSR count). The van der Waals surface area contributed by atoms with E-state index in [9.17, 15) is 0 Å². The van der Waals surface area contributed by atoms with Crippen molar-refractivity contribution < 1.29 is 9.47 Å². The zero-order valence-corrected chi connectivity index (χ0v) is 12.9. The summed E-state index contributed by atoms with van der Waals surface area (Å²) in [6, 6.07) is 9.09. The normalized spacial score (nSPS) is 24.4. The van der Waals surface area contributed by atoms with Gasteiger partial charge in [-0.25, -0.2) is 0 Å². The van der Waals surface area contributed by atoms with Crippen molar-refractivity contribution in [3.05, 3.63) is 29.8 Å². The molecule has 20 heavy (non-hydrogen) atoms. The molecular formula is C17H27NO2. The quantitative estimate of drug-likeness (QED) is 0.860. The Morgan fingerprint density at radius 3 is 2.95 bits per heavy atom. The molecule has 3 atom stereocenters. The molecule has 0 radical (unpaired) electrons. The molecule has 2 unspecified atom stereocenters. The first-order chi connectivity index (χ1) is 9.74. The van der Waals surface area contributed by atoms with Crippen molar-refractivity contribution in [2.75, 3.05) is 13.7 Å². The zero-order chi connectivity index (χ0) is 14.4. The van der Waals surface area contributed by atoms with E-state index in [0.29, 0.717) is 18.2 Å². The minimum atomic E-state index is 0.302. The molecule has 1 heterocycles. The summed E-state index contributed by atoms with van der Waals surface area (Å²) < 4.78 is 11.3. The molecular weight excluding hydrogens is 250 g/mol. The van der Waals surface area contributed by atoms with Crippen LogP contribution in [0.15, 0.2) is 24.3 Å². The van der Waals surface area contributed by atoms with Crippen molar-refractivity contribution in [2.45, 2.75) is 57.7 Å².